The smallest absolute Gasteiger partial charge is 0.306 e. The van der Waals surface area contributed by atoms with Crippen LogP contribution in [-0.2, 0) is 27.8 Å². The van der Waals surface area contributed by atoms with Crippen LogP contribution in [0.4, 0.5) is 0 Å². The highest BCUT2D eigenvalue weighted by Gasteiger charge is 2.46. The highest BCUT2D eigenvalue weighted by atomic mass is 16.5. The largest absolute Gasteiger partial charge is 0.481 e. The molecule has 4 N–H and O–H groups in total. The van der Waals surface area contributed by atoms with Crippen LogP contribution in [0, 0.1) is 5.92 Å². The summed E-state index contributed by atoms with van der Waals surface area (Å²) in [5.41, 5.74) is 9.21. The average molecular weight is 453 g/mol. The summed E-state index contributed by atoms with van der Waals surface area (Å²) in [6.45, 7) is 4.89. The monoisotopic (exact) mass is 452 g/mol. The average Bonchev–Trinajstić information content (AvgIpc) is 2.83. The molecule has 0 radical (unpaired) electrons. The van der Waals surface area contributed by atoms with Gasteiger partial charge in [-0.25, -0.2) is 0 Å². The molecule has 0 saturated carbocycles. The predicted molar refractivity (Wildman–Crippen MR) is 129 cm³/mol. The summed E-state index contributed by atoms with van der Waals surface area (Å²) in [7, 11) is 1.73. The molecule has 1 aliphatic carbocycles. The van der Waals surface area contributed by atoms with Gasteiger partial charge in [0.05, 0.1) is 12.0 Å². The van der Waals surface area contributed by atoms with Crippen LogP contribution < -0.4 is 11.1 Å². The molecule has 33 heavy (non-hydrogen) atoms. The molecule has 0 bridgehead atoms. The number of carboxylic acid groups (broad SMARTS) is 1. The number of methoxy groups -OCH3 is 1. The lowest BCUT2D eigenvalue weighted by Gasteiger charge is -2.49. The van der Waals surface area contributed by atoms with Crippen molar-refractivity contribution < 1.29 is 19.4 Å². The number of rotatable bonds is 11. The summed E-state index contributed by atoms with van der Waals surface area (Å²) in [5.74, 6) is -1.67. The number of carbonyl (C=O) groups is 2. The minimum absolute atomic E-state index is 0.000651. The Hall–Kier alpha value is -2.70. The van der Waals surface area contributed by atoms with Crippen LogP contribution >= 0.6 is 0 Å². The van der Waals surface area contributed by atoms with Gasteiger partial charge in [-0.1, -0.05) is 50.2 Å². The van der Waals surface area contributed by atoms with Gasteiger partial charge in [-0.3, -0.25) is 9.59 Å². The van der Waals surface area contributed by atoms with Gasteiger partial charge in [-0.05, 0) is 61.1 Å². The number of primary amides is 1. The topological polar surface area (TPSA) is 102 Å². The number of nitrogens with one attached hydrogen (secondary N) is 1. The van der Waals surface area contributed by atoms with Gasteiger partial charge in [0.1, 0.15) is 0 Å². The Kier molecular flexibility index (Phi) is 8.27. The maximum atomic E-state index is 11.9. The number of hydrogen-bond acceptors (Lipinski definition) is 4. The van der Waals surface area contributed by atoms with E-state index in [-0.39, 0.29) is 17.6 Å². The first-order valence-electron chi connectivity index (χ1n) is 11.8. The third-order valence-electron chi connectivity index (χ3n) is 7.41. The van der Waals surface area contributed by atoms with Gasteiger partial charge in [0, 0.05) is 30.6 Å². The van der Waals surface area contributed by atoms with E-state index in [2.05, 4.69) is 19.2 Å². The third-order valence-corrected chi connectivity index (χ3v) is 7.41. The summed E-state index contributed by atoms with van der Waals surface area (Å²) in [6.07, 6.45) is 3.44. The van der Waals surface area contributed by atoms with Gasteiger partial charge in [-0.2, -0.15) is 0 Å². The highest BCUT2D eigenvalue weighted by molar-refractivity contribution is 5.93. The zero-order valence-corrected chi connectivity index (χ0v) is 19.8. The summed E-state index contributed by atoms with van der Waals surface area (Å²) >= 11 is 0. The van der Waals surface area contributed by atoms with E-state index in [1.807, 2.05) is 42.5 Å². The van der Waals surface area contributed by atoms with Crippen LogP contribution in [-0.4, -0.2) is 42.8 Å². The van der Waals surface area contributed by atoms with Crippen LogP contribution in [0.3, 0.4) is 0 Å². The molecule has 2 aromatic rings. The van der Waals surface area contributed by atoms with Gasteiger partial charge in [0.25, 0.3) is 0 Å². The third kappa shape index (κ3) is 5.28. The second kappa shape index (κ2) is 10.9. The van der Waals surface area contributed by atoms with Crippen molar-refractivity contribution in [3.63, 3.8) is 0 Å². The maximum absolute atomic E-state index is 11.9. The predicted octanol–water partition coefficient (Wildman–Crippen LogP) is 3.71. The van der Waals surface area contributed by atoms with Crippen molar-refractivity contribution >= 4 is 11.9 Å². The number of benzene rings is 2. The van der Waals surface area contributed by atoms with E-state index in [1.165, 1.54) is 5.56 Å². The molecule has 2 aromatic carbocycles. The van der Waals surface area contributed by atoms with E-state index < -0.39 is 17.8 Å². The first-order chi connectivity index (χ1) is 15.9. The Balaban J connectivity index is 1.83. The van der Waals surface area contributed by atoms with E-state index in [1.54, 1.807) is 13.2 Å². The lowest BCUT2D eigenvalue weighted by molar-refractivity contribution is -0.141. The second-order valence-corrected chi connectivity index (χ2v) is 9.02. The van der Waals surface area contributed by atoms with E-state index in [0.717, 1.165) is 30.4 Å². The quantitative estimate of drug-likeness (QED) is 0.482. The first-order valence-corrected chi connectivity index (χ1v) is 11.8. The van der Waals surface area contributed by atoms with E-state index >= 15 is 0 Å². The van der Waals surface area contributed by atoms with Crippen LogP contribution in [0.1, 0.15) is 60.2 Å². The van der Waals surface area contributed by atoms with Gasteiger partial charge in [0.2, 0.25) is 5.91 Å². The molecule has 0 unspecified atom stereocenters. The summed E-state index contributed by atoms with van der Waals surface area (Å²) in [6, 6.07) is 15.5. The van der Waals surface area contributed by atoms with Gasteiger partial charge >= 0.3 is 5.97 Å². The van der Waals surface area contributed by atoms with Crippen molar-refractivity contribution in [3.8, 4) is 0 Å². The van der Waals surface area contributed by atoms with E-state index in [9.17, 15) is 14.7 Å². The molecule has 0 fully saturated rings. The summed E-state index contributed by atoms with van der Waals surface area (Å²) in [4.78, 5) is 23.8. The molecule has 6 heteroatoms. The Labute approximate surface area is 196 Å². The van der Waals surface area contributed by atoms with Crippen molar-refractivity contribution in [1.29, 1.82) is 0 Å². The van der Waals surface area contributed by atoms with Crippen molar-refractivity contribution in [1.82, 2.24) is 5.32 Å². The second-order valence-electron chi connectivity index (χ2n) is 9.02. The SMILES string of the molecule is CCC1(CC)c2cc(C(N)=O)ccc2C[C@@H](OC)[C@H]1NCC[C@H](Cc1ccccc1)C(=O)O. The first kappa shape index (κ1) is 24.9. The normalized spacial score (nSPS) is 20.1. The summed E-state index contributed by atoms with van der Waals surface area (Å²) < 4.78 is 5.93. The molecule has 0 heterocycles. The lowest BCUT2D eigenvalue weighted by Crippen LogP contribution is -2.59. The maximum Gasteiger partial charge on any atom is 0.306 e. The zero-order chi connectivity index (χ0) is 24.0. The fourth-order valence-corrected chi connectivity index (χ4v) is 5.47. The number of nitrogens with two attached hydrogens (primary N) is 1. The fraction of sp³-hybridized carbons (Fsp3) is 0.481. The Bertz CT molecular complexity index is 956. The van der Waals surface area contributed by atoms with Gasteiger partial charge < -0.3 is 20.9 Å². The number of hydrogen-bond donors (Lipinski definition) is 3. The van der Waals surface area contributed by atoms with Crippen molar-refractivity contribution in [2.24, 2.45) is 11.7 Å². The molecule has 1 amide bonds. The molecular formula is C27H36N2O4. The van der Waals surface area contributed by atoms with Crippen LogP contribution in [0.5, 0.6) is 0 Å². The Morgan fingerprint density at radius 3 is 2.45 bits per heavy atom. The van der Waals surface area contributed by atoms with Crippen LogP contribution in [0.25, 0.3) is 0 Å². The van der Waals surface area contributed by atoms with Crippen molar-refractivity contribution in [2.75, 3.05) is 13.7 Å². The van der Waals surface area contributed by atoms with Crippen LogP contribution in [0.2, 0.25) is 0 Å². The zero-order valence-electron chi connectivity index (χ0n) is 19.8. The van der Waals surface area contributed by atoms with Gasteiger partial charge in [0.15, 0.2) is 0 Å². The standard InChI is InChI=1S/C27H36N2O4/c1-4-27(5-2)22-16-20(25(28)30)12-11-19(22)17-23(33-3)24(27)29-14-13-21(26(31)32)15-18-9-7-6-8-10-18/h6-12,16,21,23-24,29H,4-5,13-15,17H2,1-3H3,(H2,28,30)(H,31,32)/t21-,23-,24-/m1/s1. The molecule has 6 nitrogen and oxygen atoms in total. The fourth-order valence-electron chi connectivity index (χ4n) is 5.47. The highest BCUT2D eigenvalue weighted by Crippen LogP contribution is 2.44. The van der Waals surface area contributed by atoms with Crippen molar-refractivity contribution in [3.05, 3.63) is 70.8 Å². The number of ether oxygens (including phenoxy) is 1. The minimum atomic E-state index is -0.777. The summed E-state index contributed by atoms with van der Waals surface area (Å²) in [5, 5.41) is 13.5. The Morgan fingerprint density at radius 2 is 1.88 bits per heavy atom. The number of aliphatic carboxylic acids is 1. The molecule has 178 valence electrons. The molecule has 1 aliphatic rings. The molecule has 0 saturated heterocycles. The lowest BCUT2D eigenvalue weighted by atomic mass is 9.62. The number of amides is 1. The van der Waals surface area contributed by atoms with Gasteiger partial charge in [-0.15, -0.1) is 0 Å². The minimum Gasteiger partial charge on any atom is -0.481 e. The number of fused-ring (bicyclic) bond motifs is 1. The van der Waals surface area contributed by atoms with Crippen molar-refractivity contribution in [2.45, 2.75) is 63.5 Å². The molecule has 0 aliphatic heterocycles. The Morgan fingerprint density at radius 1 is 1.18 bits per heavy atom. The molecule has 3 rings (SSSR count). The molecule has 3 atom stereocenters. The molecule has 0 spiro atoms. The number of carbonyl (C=O) groups excluding carboxylic acids is 1. The molecular weight excluding hydrogens is 416 g/mol. The number of carboxylic acids is 1. The van der Waals surface area contributed by atoms with E-state index in [4.69, 9.17) is 10.5 Å². The van der Waals surface area contributed by atoms with Crippen LogP contribution in [0.15, 0.2) is 48.5 Å². The molecule has 0 aromatic heterocycles. The van der Waals surface area contributed by atoms with E-state index in [0.29, 0.717) is 24.9 Å².